The highest BCUT2D eigenvalue weighted by Gasteiger charge is 2.29. The summed E-state index contributed by atoms with van der Waals surface area (Å²) in [7, 11) is 2.25. The molecule has 3 rings (SSSR count). The first-order valence-corrected chi connectivity index (χ1v) is 8.47. The Morgan fingerprint density at radius 3 is 2.76 bits per heavy atom. The zero-order chi connectivity index (χ0) is 14.8. The van der Waals surface area contributed by atoms with Crippen molar-refractivity contribution in [1.29, 1.82) is 0 Å². The molecule has 0 aromatic heterocycles. The van der Waals surface area contributed by atoms with E-state index < -0.39 is 0 Å². The normalized spacial score (nSPS) is 26.0. The number of nitrogens with zero attached hydrogens (tertiary/aromatic N) is 2. The lowest BCUT2D eigenvalue weighted by Crippen LogP contribution is -2.53. The molecule has 2 aliphatic rings. The smallest absolute Gasteiger partial charge is 0.0471 e. The first kappa shape index (κ1) is 15.0. The standard InChI is InChI=1S/C18H29N3/c1-3-17-13-21(10-9-20(17)2)18(12-19)16-6-4-5-15(11-16)14-7-8-14/h4-6,11,14,17-18H,3,7-10,12-13,19H2,1-2H3. The summed E-state index contributed by atoms with van der Waals surface area (Å²) < 4.78 is 0. The van der Waals surface area contributed by atoms with Gasteiger partial charge < -0.3 is 10.6 Å². The number of benzene rings is 1. The van der Waals surface area contributed by atoms with Crippen molar-refractivity contribution in [2.75, 3.05) is 33.2 Å². The Morgan fingerprint density at radius 1 is 1.29 bits per heavy atom. The van der Waals surface area contributed by atoms with Gasteiger partial charge in [0.25, 0.3) is 0 Å². The van der Waals surface area contributed by atoms with E-state index in [9.17, 15) is 0 Å². The van der Waals surface area contributed by atoms with Crippen LogP contribution >= 0.6 is 0 Å². The molecule has 2 N–H and O–H groups in total. The van der Waals surface area contributed by atoms with Crippen LogP contribution in [-0.2, 0) is 0 Å². The molecule has 1 aromatic carbocycles. The second kappa shape index (κ2) is 6.47. The zero-order valence-electron chi connectivity index (χ0n) is 13.5. The quantitative estimate of drug-likeness (QED) is 0.903. The predicted octanol–water partition coefficient (Wildman–Crippen LogP) is 2.59. The molecule has 0 spiro atoms. The van der Waals surface area contributed by atoms with Gasteiger partial charge in [0.05, 0.1) is 0 Å². The number of hydrogen-bond donors (Lipinski definition) is 1. The number of nitrogens with two attached hydrogens (primary N) is 1. The van der Waals surface area contributed by atoms with E-state index in [1.165, 1.54) is 30.4 Å². The van der Waals surface area contributed by atoms with Gasteiger partial charge in [0.1, 0.15) is 0 Å². The minimum Gasteiger partial charge on any atom is -0.329 e. The van der Waals surface area contributed by atoms with Crippen LogP contribution in [0, 0.1) is 0 Å². The van der Waals surface area contributed by atoms with Gasteiger partial charge >= 0.3 is 0 Å². The zero-order valence-corrected chi connectivity index (χ0v) is 13.5. The summed E-state index contributed by atoms with van der Waals surface area (Å²) in [5, 5.41) is 0. The Bertz CT molecular complexity index is 469. The van der Waals surface area contributed by atoms with Gasteiger partial charge in [0.2, 0.25) is 0 Å². The van der Waals surface area contributed by atoms with Crippen LogP contribution < -0.4 is 5.73 Å². The molecule has 0 amide bonds. The van der Waals surface area contributed by atoms with Crippen molar-refractivity contribution in [2.24, 2.45) is 5.73 Å². The van der Waals surface area contributed by atoms with Crippen LogP contribution in [0.4, 0.5) is 0 Å². The highest BCUT2D eigenvalue weighted by atomic mass is 15.3. The van der Waals surface area contributed by atoms with Gasteiger partial charge in [-0.05, 0) is 43.4 Å². The summed E-state index contributed by atoms with van der Waals surface area (Å²) >= 11 is 0. The molecule has 3 heteroatoms. The van der Waals surface area contributed by atoms with E-state index in [2.05, 4.69) is 48.0 Å². The van der Waals surface area contributed by atoms with Crippen LogP contribution in [0.25, 0.3) is 0 Å². The number of likely N-dealkylation sites (N-methyl/N-ethyl adjacent to an activating group) is 1. The summed E-state index contributed by atoms with van der Waals surface area (Å²) in [6.07, 6.45) is 3.94. The van der Waals surface area contributed by atoms with Gasteiger partial charge in [-0.25, -0.2) is 0 Å². The molecule has 1 aliphatic carbocycles. The molecule has 2 atom stereocenters. The molecule has 21 heavy (non-hydrogen) atoms. The molecule has 0 bridgehead atoms. The van der Waals surface area contributed by atoms with Crippen molar-refractivity contribution < 1.29 is 0 Å². The fourth-order valence-corrected chi connectivity index (χ4v) is 3.63. The van der Waals surface area contributed by atoms with Crippen molar-refractivity contribution in [3.8, 4) is 0 Å². The van der Waals surface area contributed by atoms with Gasteiger partial charge in [0, 0.05) is 38.3 Å². The van der Waals surface area contributed by atoms with Gasteiger partial charge in [-0.1, -0.05) is 31.2 Å². The maximum absolute atomic E-state index is 6.14. The van der Waals surface area contributed by atoms with Crippen LogP contribution in [-0.4, -0.2) is 49.1 Å². The van der Waals surface area contributed by atoms with Gasteiger partial charge in [-0.3, -0.25) is 4.90 Å². The average molecular weight is 287 g/mol. The predicted molar refractivity (Wildman–Crippen MR) is 88.5 cm³/mol. The lowest BCUT2D eigenvalue weighted by Gasteiger charge is -2.42. The van der Waals surface area contributed by atoms with Crippen LogP contribution in [0.1, 0.15) is 49.3 Å². The van der Waals surface area contributed by atoms with E-state index in [1.807, 2.05) is 0 Å². The Hall–Kier alpha value is -0.900. The van der Waals surface area contributed by atoms with Crippen LogP contribution in [0.5, 0.6) is 0 Å². The lowest BCUT2D eigenvalue weighted by molar-refractivity contribution is 0.0644. The molecule has 116 valence electrons. The Kier molecular flexibility index (Phi) is 4.63. The largest absolute Gasteiger partial charge is 0.329 e. The summed E-state index contributed by atoms with van der Waals surface area (Å²) in [5.41, 5.74) is 9.08. The molecule has 0 radical (unpaired) electrons. The maximum atomic E-state index is 6.14. The third kappa shape index (κ3) is 3.31. The Labute approximate surface area is 129 Å². The van der Waals surface area contributed by atoms with Crippen molar-refractivity contribution >= 4 is 0 Å². The van der Waals surface area contributed by atoms with Crippen molar-refractivity contribution in [1.82, 2.24) is 9.80 Å². The monoisotopic (exact) mass is 287 g/mol. The Morgan fingerprint density at radius 2 is 2.10 bits per heavy atom. The van der Waals surface area contributed by atoms with Crippen molar-refractivity contribution in [2.45, 2.75) is 44.2 Å². The van der Waals surface area contributed by atoms with Crippen LogP contribution in [0.15, 0.2) is 24.3 Å². The summed E-state index contributed by atoms with van der Waals surface area (Å²) in [5.74, 6) is 0.819. The van der Waals surface area contributed by atoms with Crippen LogP contribution in [0.2, 0.25) is 0 Å². The van der Waals surface area contributed by atoms with Crippen molar-refractivity contribution in [3.05, 3.63) is 35.4 Å². The van der Waals surface area contributed by atoms with Gasteiger partial charge in [0.15, 0.2) is 0 Å². The lowest BCUT2D eigenvalue weighted by atomic mass is 9.98. The average Bonchev–Trinajstić information content (AvgIpc) is 3.35. The number of hydrogen-bond acceptors (Lipinski definition) is 3. The molecule has 1 heterocycles. The second-order valence-electron chi connectivity index (χ2n) is 6.73. The first-order valence-electron chi connectivity index (χ1n) is 8.47. The number of piperazine rings is 1. The van der Waals surface area contributed by atoms with Crippen molar-refractivity contribution in [3.63, 3.8) is 0 Å². The molecule has 2 unspecified atom stereocenters. The van der Waals surface area contributed by atoms with E-state index in [1.54, 1.807) is 0 Å². The minimum atomic E-state index is 0.381. The fourth-order valence-electron chi connectivity index (χ4n) is 3.63. The summed E-state index contributed by atoms with van der Waals surface area (Å²) in [6, 6.07) is 10.2. The van der Waals surface area contributed by atoms with E-state index in [0.717, 1.165) is 25.6 Å². The topological polar surface area (TPSA) is 32.5 Å². The molecular formula is C18H29N3. The second-order valence-corrected chi connectivity index (χ2v) is 6.73. The van der Waals surface area contributed by atoms with E-state index >= 15 is 0 Å². The Balaban J connectivity index is 1.76. The van der Waals surface area contributed by atoms with Gasteiger partial charge in [-0.2, -0.15) is 0 Å². The third-order valence-electron chi connectivity index (χ3n) is 5.29. The summed E-state index contributed by atoms with van der Waals surface area (Å²) in [6.45, 7) is 6.42. The van der Waals surface area contributed by atoms with E-state index in [4.69, 9.17) is 5.73 Å². The molecular weight excluding hydrogens is 258 g/mol. The molecule has 1 aliphatic heterocycles. The van der Waals surface area contributed by atoms with Gasteiger partial charge in [-0.15, -0.1) is 0 Å². The fraction of sp³-hybridized carbons (Fsp3) is 0.667. The third-order valence-corrected chi connectivity index (χ3v) is 5.29. The number of rotatable bonds is 5. The molecule has 1 saturated heterocycles. The SMILES string of the molecule is CCC1CN(C(CN)c2cccc(C3CC3)c2)CCN1C. The minimum absolute atomic E-state index is 0.381. The molecule has 3 nitrogen and oxygen atoms in total. The van der Waals surface area contributed by atoms with Crippen LogP contribution in [0.3, 0.4) is 0 Å². The van der Waals surface area contributed by atoms with E-state index in [0.29, 0.717) is 18.6 Å². The molecule has 1 saturated carbocycles. The molecule has 2 fully saturated rings. The highest BCUT2D eigenvalue weighted by molar-refractivity contribution is 5.31. The highest BCUT2D eigenvalue weighted by Crippen LogP contribution is 2.40. The maximum Gasteiger partial charge on any atom is 0.0471 e. The first-order chi connectivity index (χ1) is 10.2. The summed E-state index contributed by atoms with van der Waals surface area (Å²) in [4.78, 5) is 5.09. The van der Waals surface area contributed by atoms with E-state index in [-0.39, 0.29) is 0 Å². The molecule has 1 aromatic rings.